The summed E-state index contributed by atoms with van der Waals surface area (Å²) in [5.41, 5.74) is 1.05. The molecular formula is C12H8F4N4O. The summed E-state index contributed by atoms with van der Waals surface area (Å²) in [6.07, 6.45) is -3.16. The van der Waals surface area contributed by atoms with E-state index in [1.54, 1.807) is 5.32 Å². The van der Waals surface area contributed by atoms with Crippen LogP contribution in [0.2, 0.25) is 0 Å². The Balaban J connectivity index is 2.08. The number of alkyl halides is 4. The highest BCUT2D eigenvalue weighted by Gasteiger charge is 2.45. The highest BCUT2D eigenvalue weighted by Crippen LogP contribution is 2.24. The molecule has 2 rings (SSSR count). The lowest BCUT2D eigenvalue weighted by Crippen LogP contribution is -2.36. The van der Waals surface area contributed by atoms with Crippen molar-refractivity contribution in [2.24, 2.45) is 0 Å². The van der Waals surface area contributed by atoms with E-state index in [1.165, 1.54) is 36.9 Å². The topological polar surface area (TPSA) is 67.8 Å². The Morgan fingerprint density at radius 1 is 1.14 bits per heavy atom. The van der Waals surface area contributed by atoms with Gasteiger partial charge in [0.15, 0.2) is 0 Å². The fourth-order valence-corrected chi connectivity index (χ4v) is 1.41. The molecule has 1 unspecified atom stereocenters. The third-order valence-corrected chi connectivity index (χ3v) is 2.39. The number of anilines is 1. The van der Waals surface area contributed by atoms with Crippen LogP contribution in [0.5, 0.6) is 0 Å². The van der Waals surface area contributed by atoms with Gasteiger partial charge in [-0.1, -0.05) is 0 Å². The molecule has 2 aromatic heterocycles. The minimum absolute atomic E-state index is 0.195. The normalized spacial score (nSPS) is 12.8. The van der Waals surface area contributed by atoms with Crippen molar-refractivity contribution in [2.75, 3.05) is 5.32 Å². The van der Waals surface area contributed by atoms with E-state index in [2.05, 4.69) is 15.0 Å². The number of amides is 1. The van der Waals surface area contributed by atoms with Gasteiger partial charge >= 0.3 is 6.18 Å². The lowest BCUT2D eigenvalue weighted by molar-refractivity contribution is -0.183. The molecule has 0 fully saturated rings. The summed E-state index contributed by atoms with van der Waals surface area (Å²) >= 11 is 0. The van der Waals surface area contributed by atoms with Crippen LogP contribution < -0.4 is 5.32 Å². The lowest BCUT2D eigenvalue weighted by Gasteiger charge is -2.12. The van der Waals surface area contributed by atoms with Gasteiger partial charge in [-0.05, 0) is 12.1 Å². The average Bonchev–Trinajstić information content (AvgIpc) is 2.47. The predicted octanol–water partition coefficient (Wildman–Crippen LogP) is 2.38. The van der Waals surface area contributed by atoms with Gasteiger partial charge < -0.3 is 5.32 Å². The predicted molar refractivity (Wildman–Crippen MR) is 64.8 cm³/mol. The Morgan fingerprint density at radius 2 is 1.90 bits per heavy atom. The van der Waals surface area contributed by atoms with Gasteiger partial charge in [-0.2, -0.15) is 13.2 Å². The zero-order valence-electron chi connectivity index (χ0n) is 10.3. The van der Waals surface area contributed by atoms with Crippen LogP contribution in [0.25, 0.3) is 11.3 Å². The number of carbonyl (C=O) groups excluding carboxylic acids is 1. The van der Waals surface area contributed by atoms with Crippen LogP contribution in [-0.4, -0.2) is 33.2 Å². The van der Waals surface area contributed by atoms with Gasteiger partial charge in [-0.15, -0.1) is 0 Å². The third-order valence-electron chi connectivity index (χ3n) is 2.39. The largest absolute Gasteiger partial charge is 0.428 e. The molecule has 0 aliphatic carbocycles. The molecule has 9 heteroatoms. The number of carbonyl (C=O) groups is 1. The van der Waals surface area contributed by atoms with E-state index in [9.17, 15) is 22.4 Å². The number of nitrogens with zero attached hydrogens (tertiary/aromatic N) is 3. The molecule has 1 N–H and O–H groups in total. The summed E-state index contributed by atoms with van der Waals surface area (Å²) in [5, 5.41) is 1.75. The number of hydrogen-bond donors (Lipinski definition) is 1. The van der Waals surface area contributed by atoms with Crippen LogP contribution in [0.1, 0.15) is 0 Å². The molecule has 5 nitrogen and oxygen atoms in total. The van der Waals surface area contributed by atoms with Gasteiger partial charge in [0.1, 0.15) is 5.82 Å². The summed E-state index contributed by atoms with van der Waals surface area (Å²) in [5.74, 6) is -2.01. The van der Waals surface area contributed by atoms with Gasteiger partial charge in [0.05, 0.1) is 11.9 Å². The number of aromatic nitrogens is 3. The van der Waals surface area contributed by atoms with E-state index in [-0.39, 0.29) is 5.82 Å². The molecule has 110 valence electrons. The summed E-state index contributed by atoms with van der Waals surface area (Å²) < 4.78 is 48.8. The lowest BCUT2D eigenvalue weighted by atomic mass is 10.2. The van der Waals surface area contributed by atoms with E-state index in [4.69, 9.17) is 0 Å². The molecule has 0 radical (unpaired) electrons. The fraction of sp³-hybridized carbons (Fsp3) is 0.167. The smallest absolute Gasteiger partial charge is 0.308 e. The van der Waals surface area contributed by atoms with Crippen molar-refractivity contribution in [1.29, 1.82) is 0 Å². The summed E-state index contributed by atoms with van der Waals surface area (Å²) in [6.45, 7) is 0. The fourth-order valence-electron chi connectivity index (χ4n) is 1.41. The highest BCUT2D eigenvalue weighted by atomic mass is 19.4. The number of hydrogen-bond acceptors (Lipinski definition) is 4. The Labute approximate surface area is 116 Å². The molecule has 0 aromatic carbocycles. The van der Waals surface area contributed by atoms with Crippen molar-refractivity contribution in [3.63, 3.8) is 0 Å². The van der Waals surface area contributed by atoms with Crippen molar-refractivity contribution < 1.29 is 22.4 Å². The van der Waals surface area contributed by atoms with E-state index in [0.29, 0.717) is 11.3 Å². The Bertz CT molecular complexity index is 615. The maximum absolute atomic E-state index is 12.8. The molecular weight excluding hydrogens is 292 g/mol. The van der Waals surface area contributed by atoms with E-state index < -0.39 is 18.3 Å². The maximum atomic E-state index is 12.8. The Kier molecular flexibility index (Phi) is 4.10. The molecule has 0 saturated carbocycles. The average molecular weight is 300 g/mol. The zero-order valence-corrected chi connectivity index (χ0v) is 10.3. The number of nitrogens with one attached hydrogen (secondary N) is 1. The second kappa shape index (κ2) is 5.81. The quantitative estimate of drug-likeness (QED) is 0.884. The SMILES string of the molecule is O=C(Nc1ccc(-c2cnccn2)cn1)C(F)C(F)(F)F. The van der Waals surface area contributed by atoms with Crippen LogP contribution in [0.3, 0.4) is 0 Å². The molecule has 1 amide bonds. The standard InChI is InChI=1S/C12H8F4N4O/c13-10(12(14,15)16)11(21)20-9-2-1-7(5-19-9)8-6-17-3-4-18-8/h1-6,10H,(H,19,20,21). The van der Waals surface area contributed by atoms with E-state index in [1.807, 2.05) is 0 Å². The van der Waals surface area contributed by atoms with Gasteiger partial charge in [0.2, 0.25) is 0 Å². The summed E-state index contributed by atoms with van der Waals surface area (Å²) in [7, 11) is 0. The maximum Gasteiger partial charge on any atom is 0.428 e. The third kappa shape index (κ3) is 3.71. The van der Waals surface area contributed by atoms with Gasteiger partial charge in [-0.3, -0.25) is 14.8 Å². The van der Waals surface area contributed by atoms with Crippen molar-refractivity contribution >= 4 is 11.7 Å². The van der Waals surface area contributed by atoms with Crippen molar-refractivity contribution in [3.8, 4) is 11.3 Å². The van der Waals surface area contributed by atoms with E-state index in [0.717, 1.165) is 0 Å². The molecule has 2 aromatic rings. The molecule has 0 saturated heterocycles. The first-order valence-corrected chi connectivity index (χ1v) is 5.62. The molecule has 0 spiro atoms. The zero-order chi connectivity index (χ0) is 15.5. The van der Waals surface area contributed by atoms with Gasteiger partial charge in [-0.25, -0.2) is 9.37 Å². The van der Waals surface area contributed by atoms with Crippen molar-refractivity contribution in [2.45, 2.75) is 12.3 Å². The number of halogens is 4. The highest BCUT2D eigenvalue weighted by molar-refractivity contribution is 5.93. The molecule has 0 aliphatic heterocycles. The number of pyridine rings is 1. The first-order valence-electron chi connectivity index (χ1n) is 5.62. The second-order valence-corrected chi connectivity index (χ2v) is 3.92. The minimum Gasteiger partial charge on any atom is -0.308 e. The van der Waals surface area contributed by atoms with Crippen molar-refractivity contribution in [1.82, 2.24) is 15.0 Å². The Morgan fingerprint density at radius 3 is 2.43 bits per heavy atom. The number of rotatable bonds is 3. The first kappa shape index (κ1) is 14.8. The summed E-state index contributed by atoms with van der Waals surface area (Å²) in [6, 6.07) is 2.71. The Hall–Kier alpha value is -2.58. The minimum atomic E-state index is -5.25. The van der Waals surface area contributed by atoms with Crippen LogP contribution in [0.15, 0.2) is 36.9 Å². The first-order chi connectivity index (χ1) is 9.88. The van der Waals surface area contributed by atoms with Crippen molar-refractivity contribution in [3.05, 3.63) is 36.9 Å². The monoisotopic (exact) mass is 300 g/mol. The molecule has 0 aliphatic rings. The molecule has 0 bridgehead atoms. The molecule has 21 heavy (non-hydrogen) atoms. The second-order valence-electron chi connectivity index (χ2n) is 3.92. The van der Waals surface area contributed by atoms with Crippen LogP contribution in [0.4, 0.5) is 23.4 Å². The van der Waals surface area contributed by atoms with Gasteiger partial charge in [0, 0.05) is 24.2 Å². The van der Waals surface area contributed by atoms with Crippen LogP contribution in [0, 0.1) is 0 Å². The molecule has 2 heterocycles. The van der Waals surface area contributed by atoms with E-state index >= 15 is 0 Å². The molecule has 1 atom stereocenters. The van der Waals surface area contributed by atoms with Crippen LogP contribution in [-0.2, 0) is 4.79 Å². The summed E-state index contributed by atoms with van der Waals surface area (Å²) in [4.78, 5) is 22.6. The van der Waals surface area contributed by atoms with Crippen LogP contribution >= 0.6 is 0 Å². The van der Waals surface area contributed by atoms with Gasteiger partial charge in [0.25, 0.3) is 12.1 Å².